The summed E-state index contributed by atoms with van der Waals surface area (Å²) < 4.78 is 0. The third-order valence-electron chi connectivity index (χ3n) is 4.70. The average Bonchev–Trinajstić information content (AvgIpc) is 2.46. The third kappa shape index (κ3) is 4.73. The molecule has 3 atom stereocenters. The van der Waals surface area contributed by atoms with E-state index in [0.29, 0.717) is 12.1 Å². The van der Waals surface area contributed by atoms with Crippen LogP contribution in [0, 0.1) is 11.3 Å². The van der Waals surface area contributed by atoms with Crippen LogP contribution in [0.4, 0.5) is 0 Å². The van der Waals surface area contributed by atoms with E-state index in [2.05, 4.69) is 48.9 Å². The summed E-state index contributed by atoms with van der Waals surface area (Å²) in [4.78, 5) is 5.11. The lowest BCUT2D eigenvalue weighted by Crippen LogP contribution is -2.54. The van der Waals surface area contributed by atoms with E-state index in [1.807, 2.05) is 6.92 Å². The van der Waals surface area contributed by atoms with E-state index < -0.39 is 5.54 Å². The Hall–Kier alpha value is -0.630. The van der Waals surface area contributed by atoms with Gasteiger partial charge in [-0.3, -0.25) is 15.1 Å². The molecule has 0 saturated carbocycles. The Bertz CT molecular complexity index is 317. The van der Waals surface area contributed by atoms with Crippen molar-refractivity contribution in [3.8, 4) is 6.07 Å². The van der Waals surface area contributed by atoms with Gasteiger partial charge in [0, 0.05) is 38.3 Å². The largest absolute Gasteiger partial charge is 0.300 e. The number of hydrogen-bond donors (Lipinski definition) is 1. The maximum Gasteiger partial charge on any atom is 0.105 e. The Morgan fingerprint density at radius 3 is 2.00 bits per heavy atom. The SMILES string of the molecule is CCNC(C)(C#N)CC(C)N1CCN(C(C)CC)CC1. The minimum atomic E-state index is -0.401. The second-order valence-electron chi connectivity index (χ2n) is 6.36. The third-order valence-corrected chi connectivity index (χ3v) is 4.70. The highest BCUT2D eigenvalue weighted by Gasteiger charge is 2.30. The summed E-state index contributed by atoms with van der Waals surface area (Å²) in [6.07, 6.45) is 2.11. The predicted molar refractivity (Wildman–Crippen MR) is 84.7 cm³/mol. The average molecular weight is 280 g/mol. The summed E-state index contributed by atoms with van der Waals surface area (Å²) >= 11 is 0. The van der Waals surface area contributed by atoms with Gasteiger partial charge in [0.25, 0.3) is 0 Å². The van der Waals surface area contributed by atoms with Crippen molar-refractivity contribution >= 4 is 0 Å². The molecule has 0 spiro atoms. The van der Waals surface area contributed by atoms with E-state index in [0.717, 1.165) is 39.1 Å². The van der Waals surface area contributed by atoms with E-state index in [-0.39, 0.29) is 0 Å². The fourth-order valence-corrected chi connectivity index (χ4v) is 3.14. The zero-order valence-electron chi connectivity index (χ0n) is 13.9. The van der Waals surface area contributed by atoms with Crippen LogP contribution < -0.4 is 5.32 Å². The summed E-state index contributed by atoms with van der Waals surface area (Å²) in [5.41, 5.74) is -0.401. The van der Waals surface area contributed by atoms with Crippen molar-refractivity contribution in [2.45, 2.75) is 65.1 Å². The molecule has 1 N–H and O–H groups in total. The van der Waals surface area contributed by atoms with Crippen molar-refractivity contribution in [2.24, 2.45) is 0 Å². The normalized spacial score (nSPS) is 23.8. The van der Waals surface area contributed by atoms with E-state index in [1.165, 1.54) is 6.42 Å². The molecule has 0 aromatic rings. The van der Waals surface area contributed by atoms with E-state index in [4.69, 9.17) is 0 Å². The van der Waals surface area contributed by atoms with Gasteiger partial charge in [0.1, 0.15) is 5.54 Å². The van der Waals surface area contributed by atoms with Crippen molar-refractivity contribution in [3.05, 3.63) is 0 Å². The van der Waals surface area contributed by atoms with Gasteiger partial charge < -0.3 is 0 Å². The van der Waals surface area contributed by atoms with Crippen LogP contribution in [0.2, 0.25) is 0 Å². The lowest BCUT2D eigenvalue weighted by atomic mass is 9.94. The van der Waals surface area contributed by atoms with Gasteiger partial charge in [-0.25, -0.2) is 0 Å². The Labute approximate surface area is 125 Å². The molecule has 3 unspecified atom stereocenters. The van der Waals surface area contributed by atoms with Crippen molar-refractivity contribution in [2.75, 3.05) is 32.7 Å². The molecular formula is C16H32N4. The highest BCUT2D eigenvalue weighted by atomic mass is 15.3. The Kier molecular flexibility index (Phi) is 6.94. The van der Waals surface area contributed by atoms with Gasteiger partial charge in [0.05, 0.1) is 6.07 Å². The molecule has 1 aliphatic heterocycles. The maximum atomic E-state index is 9.37. The Balaban J connectivity index is 2.47. The first-order chi connectivity index (χ1) is 9.45. The molecule has 4 nitrogen and oxygen atoms in total. The molecule has 20 heavy (non-hydrogen) atoms. The molecule has 0 amide bonds. The molecule has 0 radical (unpaired) electrons. The van der Waals surface area contributed by atoms with Crippen molar-refractivity contribution < 1.29 is 0 Å². The zero-order valence-corrected chi connectivity index (χ0v) is 13.9. The van der Waals surface area contributed by atoms with Crippen LogP contribution in [0.1, 0.15) is 47.5 Å². The summed E-state index contributed by atoms with van der Waals surface area (Å²) in [7, 11) is 0. The van der Waals surface area contributed by atoms with Crippen LogP contribution in [0.25, 0.3) is 0 Å². The fourth-order valence-electron chi connectivity index (χ4n) is 3.14. The topological polar surface area (TPSA) is 42.3 Å². The number of nitrogens with zero attached hydrogens (tertiary/aromatic N) is 3. The highest BCUT2D eigenvalue weighted by molar-refractivity contribution is 5.05. The number of hydrogen-bond acceptors (Lipinski definition) is 4. The van der Waals surface area contributed by atoms with Crippen LogP contribution >= 0.6 is 0 Å². The second-order valence-corrected chi connectivity index (χ2v) is 6.36. The summed E-state index contributed by atoms with van der Waals surface area (Å²) in [6.45, 7) is 16.3. The molecule has 116 valence electrons. The molecule has 0 aromatic heterocycles. The van der Waals surface area contributed by atoms with Crippen molar-refractivity contribution in [1.82, 2.24) is 15.1 Å². The molecule has 1 saturated heterocycles. The minimum Gasteiger partial charge on any atom is -0.300 e. The van der Waals surface area contributed by atoms with E-state index >= 15 is 0 Å². The Morgan fingerprint density at radius 1 is 1.10 bits per heavy atom. The number of rotatable bonds is 7. The lowest BCUT2D eigenvalue weighted by Gasteiger charge is -2.41. The predicted octanol–water partition coefficient (Wildman–Crippen LogP) is 2.07. The minimum absolute atomic E-state index is 0.401. The van der Waals surface area contributed by atoms with Crippen LogP contribution in [0.15, 0.2) is 0 Å². The van der Waals surface area contributed by atoms with Gasteiger partial charge in [-0.1, -0.05) is 13.8 Å². The smallest absolute Gasteiger partial charge is 0.105 e. The van der Waals surface area contributed by atoms with Gasteiger partial charge in [0.15, 0.2) is 0 Å². The first-order valence-corrected chi connectivity index (χ1v) is 8.10. The summed E-state index contributed by atoms with van der Waals surface area (Å²) in [5.74, 6) is 0. The molecule has 1 fully saturated rings. The van der Waals surface area contributed by atoms with Gasteiger partial charge in [0.2, 0.25) is 0 Å². The van der Waals surface area contributed by atoms with Crippen molar-refractivity contribution in [1.29, 1.82) is 5.26 Å². The number of piperazine rings is 1. The van der Waals surface area contributed by atoms with Gasteiger partial charge in [-0.05, 0) is 40.2 Å². The van der Waals surface area contributed by atoms with Crippen molar-refractivity contribution in [3.63, 3.8) is 0 Å². The lowest BCUT2D eigenvalue weighted by molar-refractivity contribution is 0.0690. The van der Waals surface area contributed by atoms with Crippen LogP contribution in [0.3, 0.4) is 0 Å². The van der Waals surface area contributed by atoms with E-state index in [1.54, 1.807) is 0 Å². The number of nitrogens with one attached hydrogen (secondary N) is 1. The maximum absolute atomic E-state index is 9.37. The fraction of sp³-hybridized carbons (Fsp3) is 0.938. The standard InChI is InChI=1S/C16H32N4/c1-6-14(3)19-8-10-20(11-9-19)15(4)12-16(5,13-17)18-7-2/h14-15,18H,6-12H2,1-5H3. The first-order valence-electron chi connectivity index (χ1n) is 8.10. The van der Waals surface area contributed by atoms with E-state index in [9.17, 15) is 5.26 Å². The van der Waals surface area contributed by atoms with Gasteiger partial charge >= 0.3 is 0 Å². The molecule has 0 aromatic carbocycles. The number of nitriles is 1. The Morgan fingerprint density at radius 2 is 1.60 bits per heavy atom. The monoisotopic (exact) mass is 280 g/mol. The highest BCUT2D eigenvalue weighted by Crippen LogP contribution is 2.18. The molecule has 1 heterocycles. The van der Waals surface area contributed by atoms with Crippen LogP contribution in [-0.4, -0.2) is 60.1 Å². The zero-order chi connectivity index (χ0) is 15.2. The van der Waals surface area contributed by atoms with Gasteiger partial charge in [-0.15, -0.1) is 0 Å². The second kappa shape index (κ2) is 7.97. The first kappa shape index (κ1) is 17.4. The van der Waals surface area contributed by atoms with Crippen LogP contribution in [-0.2, 0) is 0 Å². The molecule has 1 aliphatic rings. The molecule has 4 heteroatoms. The molecule has 0 aliphatic carbocycles. The van der Waals surface area contributed by atoms with Gasteiger partial charge in [-0.2, -0.15) is 5.26 Å². The summed E-state index contributed by atoms with van der Waals surface area (Å²) in [5, 5.41) is 12.7. The molecule has 0 bridgehead atoms. The quantitative estimate of drug-likeness (QED) is 0.775. The van der Waals surface area contributed by atoms with Crippen LogP contribution in [0.5, 0.6) is 0 Å². The molecule has 1 rings (SSSR count). The summed E-state index contributed by atoms with van der Waals surface area (Å²) in [6, 6.07) is 3.59. The molecular weight excluding hydrogens is 248 g/mol.